The molecular formula is C25H19N. The molecule has 4 aromatic carbocycles. The van der Waals surface area contributed by atoms with E-state index in [0.717, 1.165) is 0 Å². The van der Waals surface area contributed by atoms with Crippen molar-refractivity contribution < 1.29 is 0 Å². The Morgan fingerprint density at radius 1 is 0.615 bits per heavy atom. The Morgan fingerprint density at radius 2 is 1.35 bits per heavy atom. The second-order valence-electron chi connectivity index (χ2n) is 6.76. The summed E-state index contributed by atoms with van der Waals surface area (Å²) in [7, 11) is 0. The largest absolute Gasteiger partial charge is 0.309 e. The van der Waals surface area contributed by atoms with Crippen molar-refractivity contribution in [3.63, 3.8) is 0 Å². The first-order valence-electron chi connectivity index (χ1n) is 8.97. The number of rotatable bonds is 2. The van der Waals surface area contributed by atoms with Gasteiger partial charge >= 0.3 is 0 Å². The fraction of sp³-hybridized carbons (Fsp3) is 0.0400. The highest BCUT2D eigenvalue weighted by molar-refractivity contribution is 6.13. The number of fused-ring (bicyclic) bond motifs is 3. The van der Waals surface area contributed by atoms with Crippen LogP contribution >= 0.6 is 0 Å². The molecule has 0 aliphatic carbocycles. The minimum absolute atomic E-state index is 1.19. The molecule has 1 nitrogen and oxygen atoms in total. The van der Waals surface area contributed by atoms with Gasteiger partial charge in [0.2, 0.25) is 0 Å². The van der Waals surface area contributed by atoms with E-state index in [0.29, 0.717) is 0 Å². The summed E-state index contributed by atoms with van der Waals surface area (Å²) in [6.07, 6.45) is 0. The number of nitrogens with zero attached hydrogens (tertiary/aromatic N) is 1. The summed E-state index contributed by atoms with van der Waals surface area (Å²) < 4.78 is 2.39. The molecule has 0 fully saturated rings. The maximum absolute atomic E-state index is 2.39. The number of aryl methyl sites for hydroxylation is 1. The zero-order valence-electron chi connectivity index (χ0n) is 14.7. The van der Waals surface area contributed by atoms with Crippen LogP contribution in [0, 0.1) is 6.92 Å². The minimum atomic E-state index is 1.19. The number of hydrogen-bond acceptors (Lipinski definition) is 0. The van der Waals surface area contributed by atoms with Gasteiger partial charge in [-0.25, -0.2) is 0 Å². The lowest BCUT2D eigenvalue weighted by Crippen LogP contribution is -1.95. The van der Waals surface area contributed by atoms with E-state index < -0.39 is 0 Å². The predicted molar refractivity (Wildman–Crippen MR) is 111 cm³/mol. The Balaban J connectivity index is 1.98. The van der Waals surface area contributed by atoms with Gasteiger partial charge in [0.15, 0.2) is 0 Å². The van der Waals surface area contributed by atoms with Crippen LogP contribution in [0.25, 0.3) is 38.6 Å². The van der Waals surface area contributed by atoms with Crippen LogP contribution in [0.3, 0.4) is 0 Å². The first-order chi connectivity index (χ1) is 12.8. The Labute approximate surface area is 153 Å². The molecule has 5 rings (SSSR count). The van der Waals surface area contributed by atoms with E-state index in [1.807, 2.05) is 0 Å². The normalized spacial score (nSPS) is 11.3. The smallest absolute Gasteiger partial charge is 0.0619 e. The Hall–Kier alpha value is -3.32. The summed E-state index contributed by atoms with van der Waals surface area (Å²) in [5.74, 6) is 0. The molecule has 0 saturated heterocycles. The minimum Gasteiger partial charge on any atom is -0.309 e. The van der Waals surface area contributed by atoms with Crippen molar-refractivity contribution in [1.82, 2.24) is 4.57 Å². The zero-order chi connectivity index (χ0) is 17.5. The quantitative estimate of drug-likeness (QED) is 0.336. The summed E-state index contributed by atoms with van der Waals surface area (Å²) in [6, 6.07) is 34.7. The van der Waals surface area contributed by atoms with Gasteiger partial charge in [-0.3, -0.25) is 0 Å². The van der Waals surface area contributed by atoms with Crippen molar-refractivity contribution in [3.8, 4) is 16.8 Å². The van der Waals surface area contributed by atoms with Crippen LogP contribution in [0.15, 0.2) is 97.1 Å². The molecule has 1 heterocycles. The number of aromatic nitrogens is 1. The molecule has 0 N–H and O–H groups in total. The van der Waals surface area contributed by atoms with Crippen LogP contribution in [-0.2, 0) is 0 Å². The van der Waals surface area contributed by atoms with E-state index in [1.165, 1.54) is 44.2 Å². The molecule has 124 valence electrons. The Kier molecular flexibility index (Phi) is 3.39. The third-order valence-electron chi connectivity index (χ3n) is 5.04. The van der Waals surface area contributed by atoms with Gasteiger partial charge in [-0.15, -0.1) is 0 Å². The molecule has 0 unspecified atom stereocenters. The van der Waals surface area contributed by atoms with Crippen molar-refractivity contribution in [3.05, 3.63) is 103 Å². The van der Waals surface area contributed by atoms with Gasteiger partial charge in [-0.2, -0.15) is 0 Å². The van der Waals surface area contributed by atoms with Crippen molar-refractivity contribution in [2.75, 3.05) is 0 Å². The van der Waals surface area contributed by atoms with Gasteiger partial charge in [0.25, 0.3) is 0 Å². The van der Waals surface area contributed by atoms with E-state index in [2.05, 4.69) is 109 Å². The van der Waals surface area contributed by atoms with Crippen LogP contribution in [-0.4, -0.2) is 4.57 Å². The highest BCUT2D eigenvalue weighted by atomic mass is 15.0. The fourth-order valence-corrected chi connectivity index (χ4v) is 3.91. The van der Waals surface area contributed by atoms with Crippen LogP contribution in [0.4, 0.5) is 0 Å². The number of hydrogen-bond donors (Lipinski definition) is 0. The van der Waals surface area contributed by atoms with Gasteiger partial charge in [0.1, 0.15) is 0 Å². The van der Waals surface area contributed by atoms with Gasteiger partial charge in [-0.05, 0) is 30.7 Å². The molecule has 0 bridgehead atoms. The third-order valence-corrected chi connectivity index (χ3v) is 5.04. The standard InChI is InChI=1S/C25H19N/c1-18-9-7-10-19(17-18)21-14-8-15-23-22-13-5-6-16-24(22)26(25(21)23)20-11-3-2-4-12-20/h2-17H,1H3. The number of benzene rings is 4. The molecule has 0 spiro atoms. The molecule has 0 radical (unpaired) electrons. The van der Waals surface area contributed by atoms with Gasteiger partial charge in [0.05, 0.1) is 11.0 Å². The van der Waals surface area contributed by atoms with Crippen LogP contribution in [0.5, 0.6) is 0 Å². The van der Waals surface area contributed by atoms with Crippen molar-refractivity contribution in [2.45, 2.75) is 6.92 Å². The first kappa shape index (κ1) is 15.0. The third kappa shape index (κ3) is 2.25. The summed E-state index contributed by atoms with van der Waals surface area (Å²) in [5, 5.41) is 2.59. The van der Waals surface area contributed by atoms with E-state index in [1.54, 1.807) is 0 Å². The summed E-state index contributed by atoms with van der Waals surface area (Å²) in [6.45, 7) is 2.15. The van der Waals surface area contributed by atoms with Crippen LogP contribution in [0.1, 0.15) is 5.56 Å². The molecule has 0 atom stereocenters. The topological polar surface area (TPSA) is 4.93 Å². The SMILES string of the molecule is Cc1cccc(-c2cccc3c4ccccc4n(-c4ccccc4)c23)c1. The molecule has 0 amide bonds. The molecular weight excluding hydrogens is 314 g/mol. The maximum atomic E-state index is 2.39. The monoisotopic (exact) mass is 333 g/mol. The van der Waals surface area contributed by atoms with E-state index >= 15 is 0 Å². The second-order valence-corrected chi connectivity index (χ2v) is 6.76. The first-order valence-corrected chi connectivity index (χ1v) is 8.97. The van der Waals surface area contributed by atoms with Crippen LogP contribution < -0.4 is 0 Å². The van der Waals surface area contributed by atoms with Crippen LogP contribution in [0.2, 0.25) is 0 Å². The van der Waals surface area contributed by atoms with Crippen molar-refractivity contribution in [2.24, 2.45) is 0 Å². The molecule has 26 heavy (non-hydrogen) atoms. The molecule has 1 heteroatoms. The molecule has 0 saturated carbocycles. The maximum Gasteiger partial charge on any atom is 0.0619 e. The lowest BCUT2D eigenvalue weighted by atomic mass is 10.0. The molecule has 0 aliphatic rings. The summed E-state index contributed by atoms with van der Waals surface area (Å²) in [5.41, 5.74) is 7.52. The predicted octanol–water partition coefficient (Wildman–Crippen LogP) is 6.76. The van der Waals surface area contributed by atoms with Gasteiger partial charge < -0.3 is 4.57 Å². The van der Waals surface area contributed by atoms with Gasteiger partial charge in [0, 0.05) is 22.0 Å². The van der Waals surface area contributed by atoms with Gasteiger partial charge in [-0.1, -0.05) is 84.4 Å². The molecule has 1 aromatic heterocycles. The summed E-state index contributed by atoms with van der Waals surface area (Å²) in [4.78, 5) is 0. The Morgan fingerprint density at radius 3 is 2.19 bits per heavy atom. The highest BCUT2D eigenvalue weighted by Crippen LogP contribution is 2.37. The lowest BCUT2D eigenvalue weighted by molar-refractivity contribution is 1.18. The summed E-state index contributed by atoms with van der Waals surface area (Å²) >= 11 is 0. The highest BCUT2D eigenvalue weighted by Gasteiger charge is 2.15. The number of para-hydroxylation sites is 3. The molecule has 0 aliphatic heterocycles. The molecule has 5 aromatic rings. The fourth-order valence-electron chi connectivity index (χ4n) is 3.91. The van der Waals surface area contributed by atoms with Crippen molar-refractivity contribution >= 4 is 21.8 Å². The Bertz CT molecular complexity index is 1230. The average molecular weight is 333 g/mol. The van der Waals surface area contributed by atoms with E-state index in [9.17, 15) is 0 Å². The average Bonchev–Trinajstić information content (AvgIpc) is 3.03. The van der Waals surface area contributed by atoms with E-state index in [4.69, 9.17) is 0 Å². The van der Waals surface area contributed by atoms with Crippen molar-refractivity contribution in [1.29, 1.82) is 0 Å². The van der Waals surface area contributed by atoms with E-state index in [-0.39, 0.29) is 0 Å². The second kappa shape index (κ2) is 5.89. The lowest BCUT2D eigenvalue weighted by Gasteiger charge is -2.12. The zero-order valence-corrected chi connectivity index (χ0v) is 14.7.